The Morgan fingerprint density at radius 1 is 0.971 bits per heavy atom. The Balaban J connectivity index is 1.51. The Labute approximate surface area is 204 Å². The predicted octanol–water partition coefficient (Wildman–Crippen LogP) is 4.10. The summed E-state index contributed by atoms with van der Waals surface area (Å²) < 4.78 is 5.41. The molecule has 3 rings (SSSR count). The van der Waals surface area contributed by atoms with E-state index in [1.54, 1.807) is 54.4 Å². The summed E-state index contributed by atoms with van der Waals surface area (Å²) in [5, 5.41) is 0.438. The summed E-state index contributed by atoms with van der Waals surface area (Å²) in [5.41, 5.74) is 13.6. The number of esters is 1. The first-order chi connectivity index (χ1) is 16.3. The zero-order chi connectivity index (χ0) is 24.5. The summed E-state index contributed by atoms with van der Waals surface area (Å²) >= 11 is 6.38. The molecule has 176 valence electrons. The monoisotopic (exact) mass is 478 g/mol. The maximum Gasteiger partial charge on any atom is 0.343 e. The number of amides is 1. The Morgan fingerprint density at radius 2 is 1.68 bits per heavy atom. The molecule has 0 aliphatic carbocycles. The van der Waals surface area contributed by atoms with E-state index >= 15 is 0 Å². The van der Waals surface area contributed by atoms with Crippen LogP contribution in [0, 0.1) is 0 Å². The Kier molecular flexibility index (Phi) is 8.65. The number of nitrogens with two attached hydrogens (primary N) is 2. The van der Waals surface area contributed by atoms with E-state index in [4.69, 9.17) is 27.8 Å². The summed E-state index contributed by atoms with van der Waals surface area (Å²) in [5.74, 6) is -0.231. The van der Waals surface area contributed by atoms with Crippen LogP contribution in [0.15, 0.2) is 77.8 Å². The number of carbonyl (C=O) groups is 2. The van der Waals surface area contributed by atoms with Crippen LogP contribution in [0.2, 0.25) is 5.02 Å². The molecule has 0 aromatic heterocycles. The standard InChI is InChI=1S/C26H27ClN4O3/c1-31(16-15-18-5-3-2-4-6-18)24(32)14-10-19-9-13-22(17-23(19)27)34-25(33)20-7-11-21(12-8-20)30-26(28)29/h2-9,11-13,17H,10,14-16H2,1H3,(H4,28,29,30). The van der Waals surface area contributed by atoms with Gasteiger partial charge in [0.2, 0.25) is 5.91 Å². The minimum absolute atomic E-state index is 0.0478. The second-order valence-electron chi connectivity index (χ2n) is 7.78. The summed E-state index contributed by atoms with van der Waals surface area (Å²) in [6, 6.07) is 21.4. The van der Waals surface area contributed by atoms with E-state index in [0.717, 1.165) is 12.0 Å². The second-order valence-corrected chi connectivity index (χ2v) is 8.18. The fourth-order valence-corrected chi connectivity index (χ4v) is 3.55. The van der Waals surface area contributed by atoms with Crippen molar-refractivity contribution in [2.45, 2.75) is 19.3 Å². The van der Waals surface area contributed by atoms with Crippen LogP contribution in [0.25, 0.3) is 0 Å². The molecular formula is C26H27ClN4O3. The first-order valence-corrected chi connectivity index (χ1v) is 11.2. The third kappa shape index (κ3) is 7.35. The second kappa shape index (κ2) is 11.9. The highest BCUT2D eigenvalue weighted by Crippen LogP contribution is 2.25. The van der Waals surface area contributed by atoms with Gasteiger partial charge in [-0.2, -0.15) is 0 Å². The summed E-state index contributed by atoms with van der Waals surface area (Å²) in [7, 11) is 1.80. The third-order valence-corrected chi connectivity index (χ3v) is 5.56. The van der Waals surface area contributed by atoms with Crippen molar-refractivity contribution in [3.05, 3.63) is 94.5 Å². The Morgan fingerprint density at radius 3 is 2.32 bits per heavy atom. The number of hydrogen-bond acceptors (Lipinski definition) is 4. The van der Waals surface area contributed by atoms with Crippen molar-refractivity contribution in [2.24, 2.45) is 16.5 Å². The van der Waals surface area contributed by atoms with Crippen molar-refractivity contribution in [3.8, 4) is 5.75 Å². The first-order valence-electron chi connectivity index (χ1n) is 10.8. The van der Waals surface area contributed by atoms with Gasteiger partial charge in [-0.1, -0.05) is 48.0 Å². The van der Waals surface area contributed by atoms with Gasteiger partial charge in [-0.25, -0.2) is 9.79 Å². The molecule has 7 nitrogen and oxygen atoms in total. The van der Waals surface area contributed by atoms with Gasteiger partial charge in [-0.05, 0) is 60.4 Å². The molecule has 3 aromatic rings. The van der Waals surface area contributed by atoms with Crippen LogP contribution >= 0.6 is 11.6 Å². The molecule has 0 atom stereocenters. The minimum Gasteiger partial charge on any atom is -0.423 e. The van der Waals surface area contributed by atoms with Crippen molar-refractivity contribution in [2.75, 3.05) is 13.6 Å². The summed E-state index contributed by atoms with van der Waals surface area (Å²) in [4.78, 5) is 30.5. The van der Waals surface area contributed by atoms with E-state index in [1.165, 1.54) is 5.56 Å². The molecule has 0 aliphatic rings. The molecule has 4 N–H and O–H groups in total. The maximum absolute atomic E-state index is 12.5. The van der Waals surface area contributed by atoms with Crippen molar-refractivity contribution in [1.29, 1.82) is 0 Å². The number of hydrogen-bond donors (Lipinski definition) is 2. The van der Waals surface area contributed by atoms with E-state index in [2.05, 4.69) is 4.99 Å². The van der Waals surface area contributed by atoms with Crippen LogP contribution in [-0.2, 0) is 17.6 Å². The number of aliphatic imine (C=N–C) groups is 1. The van der Waals surface area contributed by atoms with Crippen LogP contribution in [0.4, 0.5) is 5.69 Å². The van der Waals surface area contributed by atoms with Crippen LogP contribution in [0.1, 0.15) is 27.9 Å². The number of guanidine groups is 1. The highest BCUT2D eigenvalue weighted by atomic mass is 35.5. The number of nitrogens with zero attached hydrogens (tertiary/aromatic N) is 2. The molecule has 0 fully saturated rings. The average Bonchev–Trinajstić information content (AvgIpc) is 2.82. The number of ether oxygens (including phenoxy) is 1. The molecule has 0 radical (unpaired) electrons. The average molecular weight is 479 g/mol. The van der Waals surface area contributed by atoms with Gasteiger partial charge < -0.3 is 21.1 Å². The third-order valence-electron chi connectivity index (χ3n) is 5.21. The molecule has 0 aliphatic heterocycles. The lowest BCUT2D eigenvalue weighted by molar-refractivity contribution is -0.129. The quantitative estimate of drug-likeness (QED) is 0.208. The van der Waals surface area contributed by atoms with E-state index in [-0.39, 0.29) is 11.9 Å². The van der Waals surface area contributed by atoms with Crippen LogP contribution in [0.5, 0.6) is 5.75 Å². The number of benzene rings is 3. The van der Waals surface area contributed by atoms with Gasteiger partial charge in [0.1, 0.15) is 5.75 Å². The van der Waals surface area contributed by atoms with Crippen molar-refractivity contribution in [3.63, 3.8) is 0 Å². The normalized spacial score (nSPS) is 10.4. The zero-order valence-electron chi connectivity index (χ0n) is 18.9. The molecule has 0 unspecified atom stereocenters. The lowest BCUT2D eigenvalue weighted by atomic mass is 10.1. The smallest absolute Gasteiger partial charge is 0.343 e. The molecule has 0 bridgehead atoms. The van der Waals surface area contributed by atoms with Crippen LogP contribution < -0.4 is 16.2 Å². The molecule has 8 heteroatoms. The maximum atomic E-state index is 12.5. The van der Waals surface area contributed by atoms with Crippen LogP contribution in [0.3, 0.4) is 0 Å². The summed E-state index contributed by atoms with van der Waals surface area (Å²) in [6.45, 7) is 0.651. The lowest BCUT2D eigenvalue weighted by Gasteiger charge is -2.17. The van der Waals surface area contributed by atoms with Crippen molar-refractivity contribution < 1.29 is 14.3 Å². The largest absolute Gasteiger partial charge is 0.423 e. The molecule has 0 saturated carbocycles. The SMILES string of the molecule is CN(CCc1ccccc1)C(=O)CCc1ccc(OC(=O)c2ccc(N=C(N)N)cc2)cc1Cl. The molecule has 3 aromatic carbocycles. The van der Waals surface area contributed by atoms with Gasteiger partial charge in [0.25, 0.3) is 0 Å². The fraction of sp³-hybridized carbons (Fsp3) is 0.192. The molecular weight excluding hydrogens is 452 g/mol. The molecule has 0 saturated heterocycles. The van der Waals surface area contributed by atoms with Gasteiger partial charge in [0, 0.05) is 25.0 Å². The van der Waals surface area contributed by atoms with Crippen molar-refractivity contribution in [1.82, 2.24) is 4.90 Å². The van der Waals surface area contributed by atoms with E-state index in [0.29, 0.717) is 41.4 Å². The Hall–Kier alpha value is -3.84. The van der Waals surface area contributed by atoms with Gasteiger partial charge in [0.05, 0.1) is 11.3 Å². The van der Waals surface area contributed by atoms with Gasteiger partial charge in [-0.3, -0.25) is 4.79 Å². The topological polar surface area (TPSA) is 111 Å². The van der Waals surface area contributed by atoms with Gasteiger partial charge in [-0.15, -0.1) is 0 Å². The molecule has 1 amide bonds. The number of halogens is 1. The first kappa shape index (κ1) is 24.8. The molecule has 0 heterocycles. The van der Waals surface area contributed by atoms with E-state index in [9.17, 15) is 9.59 Å². The van der Waals surface area contributed by atoms with Gasteiger partial charge >= 0.3 is 5.97 Å². The number of aryl methyl sites for hydroxylation is 1. The molecule has 0 spiro atoms. The highest BCUT2D eigenvalue weighted by molar-refractivity contribution is 6.31. The van der Waals surface area contributed by atoms with Crippen molar-refractivity contribution >= 4 is 35.1 Å². The number of likely N-dealkylation sites (N-methyl/N-ethyl adjacent to an activating group) is 1. The van der Waals surface area contributed by atoms with Crippen LogP contribution in [-0.4, -0.2) is 36.3 Å². The van der Waals surface area contributed by atoms with E-state index in [1.807, 2.05) is 30.3 Å². The summed E-state index contributed by atoms with van der Waals surface area (Å²) in [6.07, 6.45) is 1.64. The van der Waals surface area contributed by atoms with Gasteiger partial charge in [0.15, 0.2) is 5.96 Å². The molecule has 34 heavy (non-hydrogen) atoms. The van der Waals surface area contributed by atoms with E-state index < -0.39 is 5.97 Å². The Bertz CT molecular complexity index is 1160. The number of carbonyl (C=O) groups excluding carboxylic acids is 2. The zero-order valence-corrected chi connectivity index (χ0v) is 19.7. The minimum atomic E-state index is -0.532. The predicted molar refractivity (Wildman–Crippen MR) is 134 cm³/mol. The fourth-order valence-electron chi connectivity index (χ4n) is 3.28. The lowest BCUT2D eigenvalue weighted by Crippen LogP contribution is -2.29. The number of rotatable bonds is 9. The highest BCUT2D eigenvalue weighted by Gasteiger charge is 2.13.